The van der Waals surface area contributed by atoms with Crippen LogP contribution in [0.15, 0.2) is 47.4 Å². The molecule has 9 heteroatoms. The normalized spacial score (nSPS) is 16.0. The lowest BCUT2D eigenvalue weighted by Gasteiger charge is -2.22. The zero-order valence-corrected chi connectivity index (χ0v) is 16.0. The van der Waals surface area contributed by atoms with Crippen molar-refractivity contribution in [1.29, 1.82) is 0 Å². The van der Waals surface area contributed by atoms with E-state index in [-0.39, 0.29) is 22.8 Å². The molecule has 0 aromatic heterocycles. The van der Waals surface area contributed by atoms with Crippen molar-refractivity contribution in [2.75, 3.05) is 23.8 Å². The van der Waals surface area contributed by atoms with E-state index in [0.29, 0.717) is 11.8 Å². The van der Waals surface area contributed by atoms with Crippen molar-refractivity contribution in [3.05, 3.63) is 58.1 Å². The lowest BCUT2D eigenvalue weighted by molar-refractivity contribution is -0.383. The first-order valence-electron chi connectivity index (χ1n) is 8.64. The number of nitro groups is 1. The van der Waals surface area contributed by atoms with Crippen molar-refractivity contribution in [2.45, 2.75) is 23.5 Å². The smallest absolute Gasteiger partial charge is 0.338 e. The molecule has 28 heavy (non-hydrogen) atoms. The topological polar surface area (TPSA) is 116 Å². The highest BCUT2D eigenvalue weighted by molar-refractivity contribution is 8.00. The van der Waals surface area contributed by atoms with Crippen molar-refractivity contribution < 1.29 is 19.2 Å². The third-order valence-electron chi connectivity index (χ3n) is 4.33. The number of para-hydroxylation sites is 1. The van der Waals surface area contributed by atoms with Gasteiger partial charge in [-0.25, -0.2) is 4.79 Å². The van der Waals surface area contributed by atoms with Crippen molar-refractivity contribution in [3.8, 4) is 0 Å². The third kappa shape index (κ3) is 4.25. The van der Waals surface area contributed by atoms with E-state index < -0.39 is 17.5 Å². The molecule has 0 radical (unpaired) electrons. The van der Waals surface area contributed by atoms with E-state index in [1.165, 1.54) is 12.1 Å². The molecule has 0 spiro atoms. The van der Waals surface area contributed by atoms with Gasteiger partial charge in [0.1, 0.15) is 5.69 Å². The Labute approximate surface area is 165 Å². The number of nitrogens with zero attached hydrogens (tertiary/aromatic N) is 2. The molecular weight excluding hydrogens is 382 g/mol. The molecule has 1 aliphatic rings. The van der Waals surface area contributed by atoms with Gasteiger partial charge in [0.2, 0.25) is 0 Å². The third-order valence-corrected chi connectivity index (χ3v) is 5.57. The largest absolute Gasteiger partial charge is 0.452 e. The van der Waals surface area contributed by atoms with Crippen molar-refractivity contribution in [3.63, 3.8) is 0 Å². The number of rotatable bonds is 4. The Morgan fingerprint density at radius 1 is 1.32 bits per heavy atom. The Bertz CT molecular complexity index is 934. The maximum Gasteiger partial charge on any atom is 0.338 e. The van der Waals surface area contributed by atoms with Gasteiger partial charge in [0, 0.05) is 22.8 Å². The minimum Gasteiger partial charge on any atom is -0.452 e. The van der Waals surface area contributed by atoms with Crippen LogP contribution >= 0.6 is 11.8 Å². The summed E-state index contributed by atoms with van der Waals surface area (Å²) in [4.78, 5) is 37.8. The fourth-order valence-corrected chi connectivity index (χ4v) is 3.98. The first-order valence-corrected chi connectivity index (χ1v) is 9.52. The highest BCUT2D eigenvalue weighted by Crippen LogP contribution is 2.37. The summed E-state index contributed by atoms with van der Waals surface area (Å²) in [5, 5.41) is 11.3. The average molecular weight is 401 g/mol. The van der Waals surface area contributed by atoms with E-state index in [9.17, 15) is 19.7 Å². The fourth-order valence-electron chi connectivity index (χ4n) is 2.86. The number of hydrogen-bond donors (Lipinski definition) is 1. The van der Waals surface area contributed by atoms with Crippen LogP contribution in [0.5, 0.6) is 0 Å². The molecule has 1 amide bonds. The Hall–Kier alpha value is -3.07. The van der Waals surface area contributed by atoms with Crippen LogP contribution < -0.4 is 10.6 Å². The van der Waals surface area contributed by atoms with Crippen LogP contribution in [0, 0.1) is 10.1 Å². The first-order chi connectivity index (χ1) is 13.4. The predicted molar refractivity (Wildman–Crippen MR) is 107 cm³/mol. The number of nitrogen functional groups attached to an aromatic ring is 1. The van der Waals surface area contributed by atoms with Gasteiger partial charge in [-0.2, -0.15) is 0 Å². The number of anilines is 2. The SMILES string of the molecule is C[C@H]1CCN(C(=O)COC(=O)c2ccc(N)c([N+](=O)[O-])c2)c2ccccc2S1. The molecule has 0 unspecified atom stereocenters. The van der Waals surface area contributed by atoms with Crippen LogP contribution in [0.3, 0.4) is 0 Å². The van der Waals surface area contributed by atoms with Gasteiger partial charge in [-0.1, -0.05) is 19.1 Å². The molecule has 1 atom stereocenters. The van der Waals surface area contributed by atoms with E-state index >= 15 is 0 Å². The zero-order chi connectivity index (χ0) is 20.3. The maximum atomic E-state index is 12.7. The average Bonchev–Trinajstić information content (AvgIpc) is 2.84. The Morgan fingerprint density at radius 3 is 2.82 bits per heavy atom. The maximum absolute atomic E-state index is 12.7. The minimum absolute atomic E-state index is 0.0332. The van der Waals surface area contributed by atoms with Gasteiger partial charge in [-0.3, -0.25) is 14.9 Å². The van der Waals surface area contributed by atoms with Crippen LogP contribution in [0.25, 0.3) is 0 Å². The lowest BCUT2D eigenvalue weighted by Crippen LogP contribution is -2.35. The number of nitro benzene ring substituents is 1. The number of carbonyl (C=O) groups is 2. The number of thioether (sulfide) groups is 1. The number of amides is 1. The number of hydrogen-bond acceptors (Lipinski definition) is 7. The summed E-state index contributed by atoms with van der Waals surface area (Å²) < 4.78 is 5.10. The molecule has 2 N–H and O–H groups in total. The van der Waals surface area contributed by atoms with Crippen LogP contribution in [0.4, 0.5) is 17.1 Å². The first kappa shape index (κ1) is 19.7. The van der Waals surface area contributed by atoms with E-state index in [4.69, 9.17) is 10.5 Å². The number of esters is 1. The van der Waals surface area contributed by atoms with Gasteiger partial charge in [0.25, 0.3) is 11.6 Å². The molecule has 0 bridgehead atoms. The fraction of sp³-hybridized carbons (Fsp3) is 0.263. The molecule has 3 rings (SSSR count). The second-order valence-electron chi connectivity index (χ2n) is 6.34. The second-order valence-corrected chi connectivity index (χ2v) is 7.82. The summed E-state index contributed by atoms with van der Waals surface area (Å²) in [5.74, 6) is -1.16. The minimum atomic E-state index is -0.817. The van der Waals surface area contributed by atoms with E-state index in [2.05, 4.69) is 6.92 Å². The van der Waals surface area contributed by atoms with Gasteiger partial charge in [0.05, 0.1) is 16.2 Å². The van der Waals surface area contributed by atoms with Gasteiger partial charge < -0.3 is 15.4 Å². The highest BCUT2D eigenvalue weighted by Gasteiger charge is 2.25. The number of ether oxygens (including phenoxy) is 1. The molecule has 0 saturated heterocycles. The standard InChI is InChI=1S/C19H19N3O5S/c1-12-8-9-21(15-4-2-3-5-17(15)28-12)18(23)11-27-19(24)13-6-7-14(20)16(10-13)22(25)26/h2-7,10,12H,8-9,11,20H2,1H3/t12-/m0/s1. The Balaban J connectivity index is 1.71. The van der Waals surface area contributed by atoms with E-state index in [0.717, 1.165) is 23.1 Å². The van der Waals surface area contributed by atoms with E-state index in [1.54, 1.807) is 16.7 Å². The number of benzene rings is 2. The molecular formula is C19H19N3O5S. The number of carbonyl (C=O) groups excluding carboxylic acids is 2. The quantitative estimate of drug-likeness (QED) is 0.362. The van der Waals surface area contributed by atoms with Crippen LogP contribution in [0.1, 0.15) is 23.7 Å². The zero-order valence-electron chi connectivity index (χ0n) is 15.2. The molecule has 0 fully saturated rings. The van der Waals surface area contributed by atoms with Crippen LogP contribution in [-0.4, -0.2) is 35.2 Å². The molecule has 2 aromatic carbocycles. The molecule has 0 aliphatic carbocycles. The summed E-state index contributed by atoms with van der Waals surface area (Å²) in [5.41, 5.74) is 5.85. The number of fused-ring (bicyclic) bond motifs is 1. The molecule has 1 heterocycles. The monoisotopic (exact) mass is 401 g/mol. The van der Waals surface area contributed by atoms with Gasteiger partial charge in [-0.05, 0) is 30.7 Å². The summed E-state index contributed by atoms with van der Waals surface area (Å²) in [7, 11) is 0. The Morgan fingerprint density at radius 2 is 2.07 bits per heavy atom. The molecule has 2 aromatic rings. The van der Waals surface area contributed by atoms with Crippen molar-refractivity contribution in [1.82, 2.24) is 0 Å². The predicted octanol–water partition coefficient (Wildman–Crippen LogP) is 3.25. The molecule has 1 aliphatic heterocycles. The van der Waals surface area contributed by atoms with Crippen LogP contribution in [-0.2, 0) is 9.53 Å². The van der Waals surface area contributed by atoms with Crippen molar-refractivity contribution >= 4 is 40.7 Å². The van der Waals surface area contributed by atoms with Gasteiger partial charge in [0.15, 0.2) is 6.61 Å². The van der Waals surface area contributed by atoms with Gasteiger partial charge >= 0.3 is 5.97 Å². The Kier molecular flexibility index (Phi) is 5.84. The second kappa shape index (κ2) is 8.30. The summed E-state index contributed by atoms with van der Waals surface area (Å²) in [6.07, 6.45) is 0.809. The van der Waals surface area contributed by atoms with Crippen molar-refractivity contribution in [2.24, 2.45) is 0 Å². The van der Waals surface area contributed by atoms with Gasteiger partial charge in [-0.15, -0.1) is 11.8 Å². The summed E-state index contributed by atoms with van der Waals surface area (Å²) >= 11 is 1.70. The summed E-state index contributed by atoms with van der Waals surface area (Å²) in [6, 6.07) is 11.2. The van der Waals surface area contributed by atoms with Crippen LogP contribution in [0.2, 0.25) is 0 Å². The van der Waals surface area contributed by atoms with E-state index in [1.807, 2.05) is 24.3 Å². The summed E-state index contributed by atoms with van der Waals surface area (Å²) in [6.45, 7) is 2.17. The number of nitrogens with two attached hydrogens (primary N) is 1. The molecule has 0 saturated carbocycles. The molecule has 8 nitrogen and oxygen atoms in total. The lowest BCUT2D eigenvalue weighted by atomic mass is 10.2. The molecule has 146 valence electrons. The highest BCUT2D eigenvalue weighted by atomic mass is 32.2.